The fraction of sp³-hybridized carbons (Fsp3) is 0.0769. The summed E-state index contributed by atoms with van der Waals surface area (Å²) in [5.41, 5.74) is 1.32. The third kappa shape index (κ3) is 7.26. The zero-order valence-corrected chi connectivity index (χ0v) is 9.18. The van der Waals surface area contributed by atoms with Gasteiger partial charge in [-0.2, -0.15) is 0 Å². The SMILES string of the molecule is C=CC(=O)OC(=O)C=C.Cc1ccccc1. The van der Waals surface area contributed by atoms with E-state index in [9.17, 15) is 9.59 Å². The number of carbonyl (C=O) groups is 2. The number of benzene rings is 1. The minimum Gasteiger partial charge on any atom is -0.387 e. The van der Waals surface area contributed by atoms with Crippen molar-refractivity contribution in [3.63, 3.8) is 0 Å². The highest BCUT2D eigenvalue weighted by atomic mass is 16.6. The van der Waals surface area contributed by atoms with Crippen LogP contribution in [-0.4, -0.2) is 11.9 Å². The van der Waals surface area contributed by atoms with Gasteiger partial charge in [0.15, 0.2) is 0 Å². The summed E-state index contributed by atoms with van der Waals surface area (Å²) in [5.74, 6) is -1.53. The van der Waals surface area contributed by atoms with Crippen molar-refractivity contribution in [1.29, 1.82) is 0 Å². The number of aryl methyl sites for hydroxylation is 1. The summed E-state index contributed by atoms with van der Waals surface area (Å²) in [6.07, 6.45) is 1.81. The molecule has 0 radical (unpaired) electrons. The van der Waals surface area contributed by atoms with Gasteiger partial charge in [0.05, 0.1) is 0 Å². The summed E-state index contributed by atoms with van der Waals surface area (Å²) in [6.45, 7) is 8.26. The molecule has 0 saturated carbocycles. The van der Waals surface area contributed by atoms with Gasteiger partial charge in [-0.05, 0) is 6.92 Å². The Labute approximate surface area is 95.0 Å². The first kappa shape index (κ1) is 13.8. The molecular weight excluding hydrogens is 204 g/mol. The van der Waals surface area contributed by atoms with Crippen molar-refractivity contribution in [2.24, 2.45) is 0 Å². The van der Waals surface area contributed by atoms with Crippen molar-refractivity contribution in [3.05, 3.63) is 61.2 Å². The number of hydrogen-bond donors (Lipinski definition) is 0. The molecule has 0 N–H and O–H groups in total. The van der Waals surface area contributed by atoms with Gasteiger partial charge in [-0.15, -0.1) is 0 Å². The molecule has 16 heavy (non-hydrogen) atoms. The molecule has 0 atom stereocenters. The standard InChI is InChI=1S/C7H8.C6H6O3/c1-7-5-3-2-4-6-7;1-3-5(7)9-6(8)4-2/h2-6H,1H3;3-4H,1-2H2. The molecule has 0 aromatic heterocycles. The van der Waals surface area contributed by atoms with Crippen LogP contribution < -0.4 is 0 Å². The van der Waals surface area contributed by atoms with Crippen LogP contribution in [0.3, 0.4) is 0 Å². The predicted molar refractivity (Wildman–Crippen MR) is 62.7 cm³/mol. The summed E-state index contributed by atoms with van der Waals surface area (Å²) in [4.78, 5) is 20.3. The largest absolute Gasteiger partial charge is 0.387 e. The van der Waals surface area contributed by atoms with E-state index in [1.165, 1.54) is 5.56 Å². The topological polar surface area (TPSA) is 43.4 Å². The van der Waals surface area contributed by atoms with Crippen LogP contribution in [0.1, 0.15) is 5.56 Å². The first-order valence-electron chi connectivity index (χ1n) is 4.62. The maximum Gasteiger partial charge on any atom is 0.338 e. The van der Waals surface area contributed by atoms with Gasteiger partial charge in [0.25, 0.3) is 0 Å². The fourth-order valence-corrected chi connectivity index (χ4v) is 0.717. The van der Waals surface area contributed by atoms with Crippen LogP contribution in [0.5, 0.6) is 0 Å². The quantitative estimate of drug-likeness (QED) is 0.435. The zero-order valence-electron chi connectivity index (χ0n) is 9.18. The van der Waals surface area contributed by atoms with E-state index < -0.39 is 11.9 Å². The lowest BCUT2D eigenvalue weighted by Crippen LogP contribution is -2.05. The molecule has 1 aromatic rings. The molecule has 0 unspecified atom stereocenters. The molecule has 0 spiro atoms. The van der Waals surface area contributed by atoms with Gasteiger partial charge >= 0.3 is 11.9 Å². The van der Waals surface area contributed by atoms with Gasteiger partial charge in [-0.3, -0.25) is 0 Å². The second-order valence-electron chi connectivity index (χ2n) is 2.80. The number of rotatable bonds is 2. The molecule has 0 aliphatic carbocycles. The van der Waals surface area contributed by atoms with Crippen LogP contribution in [-0.2, 0) is 14.3 Å². The highest BCUT2D eigenvalue weighted by Gasteiger charge is 1.99. The summed E-state index contributed by atoms with van der Waals surface area (Å²) in [7, 11) is 0. The molecule has 0 bridgehead atoms. The third-order valence-electron chi connectivity index (χ3n) is 1.47. The lowest BCUT2D eigenvalue weighted by Gasteiger charge is -1.90. The molecule has 1 aromatic carbocycles. The normalized spacial score (nSPS) is 8.06. The van der Waals surface area contributed by atoms with E-state index in [0.29, 0.717) is 0 Å². The molecular formula is C13H14O3. The fourth-order valence-electron chi connectivity index (χ4n) is 0.717. The average Bonchev–Trinajstić information content (AvgIpc) is 2.30. The molecule has 0 heterocycles. The van der Waals surface area contributed by atoms with Gasteiger partial charge < -0.3 is 4.74 Å². The van der Waals surface area contributed by atoms with Crippen LogP contribution in [0.25, 0.3) is 0 Å². The average molecular weight is 218 g/mol. The smallest absolute Gasteiger partial charge is 0.338 e. The van der Waals surface area contributed by atoms with Gasteiger partial charge in [0.1, 0.15) is 0 Å². The Kier molecular flexibility index (Phi) is 7.07. The number of esters is 2. The second-order valence-corrected chi connectivity index (χ2v) is 2.80. The van der Waals surface area contributed by atoms with Crippen molar-refractivity contribution in [1.82, 2.24) is 0 Å². The van der Waals surface area contributed by atoms with E-state index in [1.807, 2.05) is 18.2 Å². The summed E-state index contributed by atoms with van der Waals surface area (Å²) in [5, 5.41) is 0. The van der Waals surface area contributed by atoms with Crippen LogP contribution in [0.15, 0.2) is 55.6 Å². The zero-order chi connectivity index (χ0) is 12.4. The Balaban J connectivity index is 0.000000288. The molecule has 0 aliphatic heterocycles. The van der Waals surface area contributed by atoms with Crippen molar-refractivity contribution in [2.75, 3.05) is 0 Å². The molecule has 0 saturated heterocycles. The lowest BCUT2D eigenvalue weighted by molar-refractivity contribution is -0.152. The number of ether oxygens (including phenoxy) is 1. The molecule has 1 rings (SSSR count). The summed E-state index contributed by atoms with van der Waals surface area (Å²) in [6, 6.07) is 10.3. The van der Waals surface area contributed by atoms with Gasteiger partial charge in [-0.25, -0.2) is 9.59 Å². The maximum absolute atomic E-state index is 10.2. The van der Waals surface area contributed by atoms with Gasteiger partial charge in [-0.1, -0.05) is 49.1 Å². The lowest BCUT2D eigenvalue weighted by atomic mass is 10.2. The van der Waals surface area contributed by atoms with Gasteiger partial charge in [0.2, 0.25) is 0 Å². The maximum atomic E-state index is 10.2. The highest BCUT2D eigenvalue weighted by Crippen LogP contribution is 1.92. The Morgan fingerprint density at radius 2 is 1.50 bits per heavy atom. The van der Waals surface area contributed by atoms with Crippen LogP contribution in [0, 0.1) is 6.92 Å². The van der Waals surface area contributed by atoms with E-state index in [1.54, 1.807) is 0 Å². The Hall–Kier alpha value is -2.16. The summed E-state index contributed by atoms with van der Waals surface area (Å²) >= 11 is 0. The highest BCUT2D eigenvalue weighted by molar-refractivity contribution is 5.95. The monoisotopic (exact) mass is 218 g/mol. The van der Waals surface area contributed by atoms with E-state index in [2.05, 4.69) is 37.0 Å². The number of hydrogen-bond acceptors (Lipinski definition) is 3. The third-order valence-corrected chi connectivity index (χ3v) is 1.47. The molecule has 0 fully saturated rings. The van der Waals surface area contributed by atoms with E-state index in [4.69, 9.17) is 0 Å². The molecule has 0 amide bonds. The van der Waals surface area contributed by atoms with Crippen molar-refractivity contribution >= 4 is 11.9 Å². The Morgan fingerprint density at radius 1 is 1.06 bits per heavy atom. The van der Waals surface area contributed by atoms with Crippen LogP contribution >= 0.6 is 0 Å². The number of carbonyl (C=O) groups excluding carboxylic acids is 2. The van der Waals surface area contributed by atoms with Crippen molar-refractivity contribution in [2.45, 2.75) is 6.92 Å². The van der Waals surface area contributed by atoms with Crippen molar-refractivity contribution < 1.29 is 14.3 Å². The van der Waals surface area contributed by atoms with Crippen LogP contribution in [0.4, 0.5) is 0 Å². The van der Waals surface area contributed by atoms with E-state index in [-0.39, 0.29) is 0 Å². The molecule has 3 nitrogen and oxygen atoms in total. The first-order chi connectivity index (χ1) is 7.60. The minimum absolute atomic E-state index is 0.764. The second kappa shape index (κ2) is 8.17. The Bertz CT molecular complexity index is 348. The van der Waals surface area contributed by atoms with Gasteiger partial charge in [0, 0.05) is 12.2 Å². The first-order valence-corrected chi connectivity index (χ1v) is 4.62. The molecule has 3 heteroatoms. The molecule has 0 aliphatic rings. The summed E-state index contributed by atoms with van der Waals surface area (Å²) < 4.78 is 4.03. The predicted octanol–water partition coefficient (Wildman–Crippen LogP) is 2.42. The van der Waals surface area contributed by atoms with E-state index in [0.717, 1.165) is 12.2 Å². The molecule has 84 valence electrons. The minimum atomic E-state index is -0.764. The van der Waals surface area contributed by atoms with Crippen molar-refractivity contribution in [3.8, 4) is 0 Å². The van der Waals surface area contributed by atoms with Crippen LogP contribution in [0.2, 0.25) is 0 Å². The Morgan fingerprint density at radius 3 is 1.75 bits per heavy atom. The van der Waals surface area contributed by atoms with E-state index >= 15 is 0 Å².